The highest BCUT2D eigenvalue weighted by Crippen LogP contribution is 2.44. The fourth-order valence-corrected chi connectivity index (χ4v) is 5.98. The van der Waals surface area contributed by atoms with Gasteiger partial charge in [0.25, 0.3) is 0 Å². The molecule has 0 saturated heterocycles. The van der Waals surface area contributed by atoms with Crippen molar-refractivity contribution < 1.29 is 29.2 Å². The van der Waals surface area contributed by atoms with Crippen molar-refractivity contribution in [2.75, 3.05) is 46.8 Å². The van der Waals surface area contributed by atoms with Crippen LogP contribution in [0.15, 0.2) is 47.5 Å². The number of nitrogens with two attached hydrogens (primary N) is 1. The standard InChI is InChI=1S/C35H52N4O6/c1-23(2)27(9-11-28(40)10-7-24-8-12-30(41)31(19-24)44-6)17-26-18-29(39-34(36)38-4)33(42)32(20-26)45-35(22-37-3)15-13-25(21-35)14-16-43-5/h8-9,11-12,18-20,23,25,27,37,41-42H,7,10,13-17,21-22H2,1-6H3,(H3,36,38,39)/t25-,27+,35+/m1/s1. The third-order valence-electron chi connectivity index (χ3n) is 8.62. The number of aromatic hydroxyl groups is 2. The number of hydrogen-bond donors (Lipinski definition) is 5. The number of methoxy groups -OCH3 is 2. The fraction of sp³-hybridized carbons (Fsp3) is 0.543. The molecular weight excluding hydrogens is 572 g/mol. The number of benzene rings is 2. The number of allylic oxidation sites excluding steroid dienone is 2. The van der Waals surface area contributed by atoms with E-state index in [0.717, 1.165) is 36.8 Å². The van der Waals surface area contributed by atoms with Crippen molar-refractivity contribution in [2.24, 2.45) is 28.5 Å². The number of aliphatic imine (C=N–C) groups is 1. The predicted molar refractivity (Wildman–Crippen MR) is 180 cm³/mol. The molecule has 0 unspecified atom stereocenters. The Bertz CT molecular complexity index is 1330. The molecule has 2 aromatic rings. The predicted octanol–water partition coefficient (Wildman–Crippen LogP) is 5.21. The number of carbonyl (C=O) groups excluding carboxylic acids is 1. The van der Waals surface area contributed by atoms with E-state index >= 15 is 0 Å². The first-order valence-corrected chi connectivity index (χ1v) is 15.8. The van der Waals surface area contributed by atoms with Gasteiger partial charge in [0.1, 0.15) is 5.60 Å². The highest BCUT2D eigenvalue weighted by Gasteiger charge is 2.41. The lowest BCUT2D eigenvalue weighted by Gasteiger charge is -2.32. The number of ether oxygens (including phenoxy) is 3. The van der Waals surface area contributed by atoms with E-state index in [9.17, 15) is 15.0 Å². The van der Waals surface area contributed by atoms with Gasteiger partial charge in [-0.2, -0.15) is 0 Å². The highest BCUT2D eigenvalue weighted by molar-refractivity contribution is 5.94. The normalized spacial score (nSPS) is 19.3. The van der Waals surface area contributed by atoms with Crippen molar-refractivity contribution in [1.29, 1.82) is 0 Å². The van der Waals surface area contributed by atoms with Crippen molar-refractivity contribution in [3.63, 3.8) is 0 Å². The molecule has 1 saturated carbocycles. The van der Waals surface area contributed by atoms with E-state index in [1.54, 1.807) is 38.4 Å². The molecule has 0 spiro atoms. The van der Waals surface area contributed by atoms with Crippen LogP contribution in [0.5, 0.6) is 23.0 Å². The van der Waals surface area contributed by atoms with Gasteiger partial charge in [0.05, 0.1) is 12.8 Å². The van der Waals surface area contributed by atoms with Gasteiger partial charge >= 0.3 is 0 Å². The highest BCUT2D eigenvalue weighted by atomic mass is 16.5. The Morgan fingerprint density at radius 3 is 2.60 bits per heavy atom. The summed E-state index contributed by atoms with van der Waals surface area (Å²) in [5, 5.41) is 27.4. The summed E-state index contributed by atoms with van der Waals surface area (Å²) in [6.45, 7) is 5.61. The van der Waals surface area contributed by atoms with E-state index in [4.69, 9.17) is 19.9 Å². The van der Waals surface area contributed by atoms with Gasteiger partial charge in [-0.25, -0.2) is 0 Å². The average Bonchev–Trinajstić information content (AvgIpc) is 3.41. The van der Waals surface area contributed by atoms with Crippen molar-refractivity contribution in [2.45, 2.75) is 64.4 Å². The molecule has 6 N–H and O–H groups in total. The number of rotatable bonds is 17. The number of phenolic OH excluding ortho intramolecular Hbond substituents is 2. The molecule has 1 aliphatic carbocycles. The van der Waals surface area contributed by atoms with Gasteiger partial charge in [-0.3, -0.25) is 9.79 Å². The second-order valence-electron chi connectivity index (χ2n) is 12.4. The third-order valence-corrected chi connectivity index (χ3v) is 8.62. The Hall–Kier alpha value is -3.76. The lowest BCUT2D eigenvalue weighted by atomic mass is 9.88. The Labute approximate surface area is 268 Å². The number of aryl methyl sites for hydroxylation is 1. The van der Waals surface area contributed by atoms with Crippen LogP contribution >= 0.6 is 0 Å². The van der Waals surface area contributed by atoms with Gasteiger partial charge in [-0.15, -0.1) is 0 Å². The first-order chi connectivity index (χ1) is 21.5. The maximum atomic E-state index is 12.8. The summed E-state index contributed by atoms with van der Waals surface area (Å²) < 4.78 is 17.2. The quantitative estimate of drug-likeness (QED) is 0.0692. The van der Waals surface area contributed by atoms with E-state index in [2.05, 4.69) is 29.5 Å². The van der Waals surface area contributed by atoms with Gasteiger partial charge in [-0.1, -0.05) is 26.0 Å². The van der Waals surface area contributed by atoms with Crippen LogP contribution in [0.4, 0.5) is 5.69 Å². The topological polar surface area (TPSA) is 148 Å². The number of likely N-dealkylation sites (N-methyl/N-ethyl adjacent to an activating group) is 1. The van der Waals surface area contributed by atoms with Crippen LogP contribution in [-0.4, -0.2) is 69.0 Å². The molecule has 0 aromatic heterocycles. The van der Waals surface area contributed by atoms with Crippen LogP contribution in [-0.2, 0) is 22.4 Å². The van der Waals surface area contributed by atoms with E-state index in [0.29, 0.717) is 55.5 Å². The molecule has 10 heteroatoms. The summed E-state index contributed by atoms with van der Waals surface area (Å²) in [4.78, 5) is 16.8. The molecule has 3 rings (SSSR count). The molecule has 1 aliphatic rings. The first-order valence-electron chi connectivity index (χ1n) is 15.8. The summed E-state index contributed by atoms with van der Waals surface area (Å²) in [6.07, 6.45) is 8.88. The minimum absolute atomic E-state index is 0.0150. The Morgan fingerprint density at radius 1 is 1.18 bits per heavy atom. The van der Waals surface area contributed by atoms with Gasteiger partial charge in [0.2, 0.25) is 0 Å². The molecule has 10 nitrogen and oxygen atoms in total. The van der Waals surface area contributed by atoms with Gasteiger partial charge in [0, 0.05) is 33.7 Å². The minimum atomic E-state index is -0.462. The van der Waals surface area contributed by atoms with Crippen LogP contribution in [0.1, 0.15) is 57.1 Å². The SMILES string of the molecule is CN=C(N)Nc1cc(C[C@H](C=CC(=O)CCc2ccc(O)c(OC)c2)C(C)C)cc(O[C@@]2(CNC)CC[C@H](CCOC)C2)c1O. The summed E-state index contributed by atoms with van der Waals surface area (Å²) in [6, 6.07) is 8.90. The lowest BCUT2D eigenvalue weighted by molar-refractivity contribution is -0.114. The molecule has 0 amide bonds. The largest absolute Gasteiger partial charge is 0.504 e. The second-order valence-corrected chi connectivity index (χ2v) is 12.4. The Morgan fingerprint density at radius 2 is 1.93 bits per heavy atom. The number of nitrogens with zero attached hydrogens (tertiary/aromatic N) is 1. The molecule has 0 aliphatic heterocycles. The molecule has 1 fully saturated rings. The third kappa shape index (κ3) is 10.4. The average molecular weight is 625 g/mol. The number of guanidine groups is 1. The number of phenols is 2. The molecule has 0 radical (unpaired) electrons. The zero-order valence-electron chi connectivity index (χ0n) is 27.7. The van der Waals surface area contributed by atoms with E-state index in [1.807, 2.05) is 25.3 Å². The fourth-order valence-electron chi connectivity index (χ4n) is 5.98. The summed E-state index contributed by atoms with van der Waals surface area (Å²) in [5.74, 6) is 1.83. The molecule has 2 aromatic carbocycles. The zero-order chi connectivity index (χ0) is 33.0. The van der Waals surface area contributed by atoms with Crippen molar-refractivity contribution in [3.05, 3.63) is 53.6 Å². The Kier molecular flexibility index (Phi) is 13.6. The maximum Gasteiger partial charge on any atom is 0.192 e. The summed E-state index contributed by atoms with van der Waals surface area (Å²) in [7, 11) is 6.72. The molecule has 248 valence electrons. The molecule has 3 atom stereocenters. The van der Waals surface area contributed by atoms with E-state index in [1.165, 1.54) is 7.11 Å². The van der Waals surface area contributed by atoms with Crippen LogP contribution < -0.4 is 25.8 Å². The minimum Gasteiger partial charge on any atom is -0.504 e. The molecule has 45 heavy (non-hydrogen) atoms. The smallest absolute Gasteiger partial charge is 0.192 e. The maximum absolute atomic E-state index is 12.8. The van der Waals surface area contributed by atoms with Crippen molar-refractivity contribution >= 4 is 17.4 Å². The number of carbonyl (C=O) groups is 1. The van der Waals surface area contributed by atoms with Gasteiger partial charge in [-0.05, 0) is 105 Å². The first kappa shape index (κ1) is 35.7. The van der Waals surface area contributed by atoms with Crippen LogP contribution in [0.2, 0.25) is 0 Å². The molecular formula is C35H52N4O6. The number of nitrogens with one attached hydrogen (secondary N) is 2. The monoisotopic (exact) mass is 624 g/mol. The van der Waals surface area contributed by atoms with Crippen molar-refractivity contribution in [1.82, 2.24) is 5.32 Å². The number of anilines is 1. The van der Waals surface area contributed by atoms with Crippen molar-refractivity contribution in [3.8, 4) is 23.0 Å². The molecule has 0 bridgehead atoms. The molecule has 0 heterocycles. The van der Waals surface area contributed by atoms with E-state index in [-0.39, 0.29) is 35.1 Å². The number of hydrogen-bond acceptors (Lipinski definition) is 8. The summed E-state index contributed by atoms with van der Waals surface area (Å²) in [5.41, 5.74) is 7.82. The second kappa shape index (κ2) is 17.1. The number of ketones is 1. The Balaban J connectivity index is 1.82. The van der Waals surface area contributed by atoms with Crippen LogP contribution in [0.25, 0.3) is 0 Å². The lowest BCUT2D eigenvalue weighted by Crippen LogP contribution is -2.42. The van der Waals surface area contributed by atoms with Crippen LogP contribution in [0, 0.1) is 17.8 Å². The summed E-state index contributed by atoms with van der Waals surface area (Å²) >= 11 is 0. The van der Waals surface area contributed by atoms with Crippen LogP contribution in [0.3, 0.4) is 0 Å². The zero-order valence-corrected chi connectivity index (χ0v) is 27.7. The van der Waals surface area contributed by atoms with E-state index < -0.39 is 5.60 Å². The van der Waals surface area contributed by atoms with Gasteiger partial charge in [0.15, 0.2) is 34.7 Å². The van der Waals surface area contributed by atoms with Gasteiger partial charge < -0.3 is 40.8 Å².